The van der Waals surface area contributed by atoms with Crippen LogP contribution in [0.15, 0.2) is 108 Å². The van der Waals surface area contributed by atoms with Crippen LogP contribution in [-0.4, -0.2) is 16.0 Å². The second-order valence-corrected chi connectivity index (χ2v) is 8.22. The molecule has 178 valence electrons. The fourth-order valence-electron chi connectivity index (χ4n) is 3.87. The molecular weight excluding hydrogens is 455 g/mol. The fraction of sp³-hybridized carbons (Fsp3) is 0.0690. The molecule has 0 fully saturated rings. The summed E-state index contributed by atoms with van der Waals surface area (Å²) in [5.74, 6) is 0.289. The van der Waals surface area contributed by atoms with Crippen LogP contribution in [0.5, 0.6) is 0 Å². The van der Waals surface area contributed by atoms with E-state index in [1.807, 2.05) is 72.8 Å². The summed E-state index contributed by atoms with van der Waals surface area (Å²) >= 11 is 0. The van der Waals surface area contributed by atoms with Crippen LogP contribution < -0.4 is 10.6 Å². The van der Waals surface area contributed by atoms with E-state index >= 15 is 0 Å². The number of carbonyl (C=O) groups excluding carboxylic acids is 1. The molecule has 0 saturated carbocycles. The van der Waals surface area contributed by atoms with Gasteiger partial charge in [-0.15, -0.1) is 0 Å². The molecule has 0 saturated heterocycles. The summed E-state index contributed by atoms with van der Waals surface area (Å²) < 4.78 is 19.2. The van der Waals surface area contributed by atoms with Gasteiger partial charge in [0.15, 0.2) is 0 Å². The molecule has 0 aliphatic rings. The zero-order valence-electron chi connectivity index (χ0n) is 19.3. The molecule has 2 heterocycles. The minimum absolute atomic E-state index is 0.188. The highest BCUT2D eigenvalue weighted by Gasteiger charge is 2.22. The Kier molecular flexibility index (Phi) is 6.80. The summed E-state index contributed by atoms with van der Waals surface area (Å²) in [6, 6.07) is 29.1. The predicted octanol–water partition coefficient (Wildman–Crippen LogP) is 6.34. The van der Waals surface area contributed by atoms with Crippen molar-refractivity contribution in [3.63, 3.8) is 0 Å². The first-order chi connectivity index (χ1) is 17.7. The van der Waals surface area contributed by atoms with E-state index in [1.54, 1.807) is 18.3 Å². The average Bonchev–Trinajstić information content (AvgIpc) is 3.32. The van der Waals surface area contributed by atoms with Crippen LogP contribution >= 0.6 is 0 Å². The number of nitrogens with zero attached hydrogens (tertiary/aromatic N) is 2. The van der Waals surface area contributed by atoms with Gasteiger partial charge < -0.3 is 9.84 Å². The molecule has 6 nitrogen and oxygen atoms in total. The number of hydrogen-bond donors (Lipinski definition) is 2. The third-order valence-corrected chi connectivity index (χ3v) is 5.64. The van der Waals surface area contributed by atoms with Crippen LogP contribution in [0.3, 0.4) is 0 Å². The highest BCUT2D eigenvalue weighted by atomic mass is 19.1. The minimum atomic E-state index is -0.350. The molecule has 36 heavy (non-hydrogen) atoms. The average molecular weight is 479 g/mol. The van der Waals surface area contributed by atoms with Crippen molar-refractivity contribution in [1.29, 1.82) is 0 Å². The summed E-state index contributed by atoms with van der Waals surface area (Å²) in [5, 5.41) is 10.4. The number of hydrogen-bond acceptors (Lipinski definition) is 5. The molecule has 3 aromatic carbocycles. The van der Waals surface area contributed by atoms with Crippen molar-refractivity contribution in [2.45, 2.75) is 13.0 Å². The van der Waals surface area contributed by atoms with E-state index in [4.69, 9.17) is 4.52 Å². The first-order valence-corrected chi connectivity index (χ1v) is 11.5. The lowest BCUT2D eigenvalue weighted by atomic mass is 10.0. The normalized spacial score (nSPS) is 10.7. The fourth-order valence-corrected chi connectivity index (χ4v) is 3.87. The standard InChI is InChI=1S/C29H23FN4O2/c30-24-13-11-22(12-14-24)28-27(29(36-34-28)33-26(35)17-20-7-3-1-4-8-20)23-15-16-31-25(18-23)32-19-21-9-5-2-6-10-21/h1-16,18H,17,19H2,(H,31,32)(H,33,35). The van der Waals surface area contributed by atoms with Crippen molar-refractivity contribution >= 4 is 17.6 Å². The van der Waals surface area contributed by atoms with Gasteiger partial charge in [0.05, 0.1) is 12.0 Å². The van der Waals surface area contributed by atoms with E-state index in [0.717, 1.165) is 16.7 Å². The molecule has 7 heteroatoms. The lowest BCUT2D eigenvalue weighted by molar-refractivity contribution is -0.115. The molecule has 5 aromatic rings. The topological polar surface area (TPSA) is 80.1 Å². The van der Waals surface area contributed by atoms with E-state index in [-0.39, 0.29) is 24.0 Å². The Bertz CT molecular complexity index is 1450. The maximum atomic E-state index is 13.6. The number of carbonyl (C=O) groups is 1. The number of halogens is 1. The first-order valence-electron chi connectivity index (χ1n) is 11.5. The van der Waals surface area contributed by atoms with Crippen molar-refractivity contribution < 1.29 is 13.7 Å². The number of rotatable bonds is 8. The Hall–Kier alpha value is -4.78. The van der Waals surface area contributed by atoms with E-state index in [2.05, 4.69) is 20.8 Å². The summed E-state index contributed by atoms with van der Waals surface area (Å²) in [6.07, 6.45) is 1.87. The maximum Gasteiger partial charge on any atom is 0.239 e. The molecule has 0 atom stereocenters. The van der Waals surface area contributed by atoms with Gasteiger partial charge in [-0.3, -0.25) is 10.1 Å². The molecule has 0 radical (unpaired) electrons. The van der Waals surface area contributed by atoms with Gasteiger partial charge in [-0.25, -0.2) is 9.37 Å². The molecule has 1 amide bonds. The van der Waals surface area contributed by atoms with Gasteiger partial charge in [-0.05, 0) is 53.1 Å². The Morgan fingerprint density at radius 3 is 2.25 bits per heavy atom. The van der Waals surface area contributed by atoms with Gasteiger partial charge in [-0.2, -0.15) is 0 Å². The van der Waals surface area contributed by atoms with Crippen LogP contribution in [0.2, 0.25) is 0 Å². The first kappa shape index (κ1) is 23.0. The van der Waals surface area contributed by atoms with Gasteiger partial charge in [0, 0.05) is 18.3 Å². The molecule has 2 aromatic heterocycles. The van der Waals surface area contributed by atoms with Crippen molar-refractivity contribution in [1.82, 2.24) is 10.1 Å². The van der Waals surface area contributed by atoms with Crippen molar-refractivity contribution in [2.24, 2.45) is 0 Å². The second kappa shape index (κ2) is 10.7. The number of nitrogens with one attached hydrogen (secondary N) is 2. The van der Waals surface area contributed by atoms with Crippen LogP contribution in [0.25, 0.3) is 22.4 Å². The molecule has 2 N–H and O–H groups in total. The second-order valence-electron chi connectivity index (χ2n) is 8.22. The molecule has 0 bridgehead atoms. The number of anilines is 2. The molecule has 0 unspecified atom stereocenters. The van der Waals surface area contributed by atoms with Gasteiger partial charge in [0.1, 0.15) is 17.3 Å². The summed E-state index contributed by atoms with van der Waals surface area (Å²) in [6.45, 7) is 0.604. The highest BCUT2D eigenvalue weighted by molar-refractivity contribution is 5.98. The van der Waals surface area contributed by atoms with E-state index in [1.165, 1.54) is 12.1 Å². The van der Waals surface area contributed by atoms with Crippen LogP contribution in [0.4, 0.5) is 16.1 Å². The van der Waals surface area contributed by atoms with Gasteiger partial charge >= 0.3 is 0 Å². The van der Waals surface area contributed by atoms with Crippen LogP contribution in [-0.2, 0) is 17.8 Å². The Balaban J connectivity index is 1.46. The lowest BCUT2D eigenvalue weighted by Gasteiger charge is -2.10. The highest BCUT2D eigenvalue weighted by Crippen LogP contribution is 2.38. The van der Waals surface area contributed by atoms with Gasteiger partial charge in [-0.1, -0.05) is 65.8 Å². The lowest BCUT2D eigenvalue weighted by Crippen LogP contribution is -2.14. The number of amides is 1. The Morgan fingerprint density at radius 1 is 0.833 bits per heavy atom. The molecule has 0 spiro atoms. The van der Waals surface area contributed by atoms with E-state index in [0.29, 0.717) is 29.2 Å². The Morgan fingerprint density at radius 2 is 1.53 bits per heavy atom. The third kappa shape index (κ3) is 5.47. The smallest absolute Gasteiger partial charge is 0.239 e. The number of pyridine rings is 1. The third-order valence-electron chi connectivity index (χ3n) is 5.64. The van der Waals surface area contributed by atoms with E-state index in [9.17, 15) is 9.18 Å². The van der Waals surface area contributed by atoms with E-state index < -0.39 is 0 Å². The van der Waals surface area contributed by atoms with Gasteiger partial charge in [0.25, 0.3) is 0 Å². The van der Waals surface area contributed by atoms with Crippen LogP contribution in [0, 0.1) is 5.82 Å². The summed E-state index contributed by atoms with van der Waals surface area (Å²) in [7, 11) is 0. The van der Waals surface area contributed by atoms with Crippen molar-refractivity contribution in [3.05, 3.63) is 120 Å². The molecule has 0 aliphatic heterocycles. The Labute approximate surface area is 207 Å². The zero-order valence-corrected chi connectivity index (χ0v) is 19.3. The monoisotopic (exact) mass is 478 g/mol. The predicted molar refractivity (Wildman–Crippen MR) is 138 cm³/mol. The van der Waals surface area contributed by atoms with Crippen molar-refractivity contribution in [2.75, 3.05) is 10.6 Å². The SMILES string of the molecule is O=C(Cc1ccccc1)Nc1onc(-c2ccc(F)cc2)c1-c1ccnc(NCc2ccccc2)c1. The zero-order chi connectivity index (χ0) is 24.7. The van der Waals surface area contributed by atoms with Crippen molar-refractivity contribution in [3.8, 4) is 22.4 Å². The maximum absolute atomic E-state index is 13.6. The molecule has 5 rings (SSSR count). The summed E-state index contributed by atoms with van der Waals surface area (Å²) in [5.41, 5.74) is 4.49. The number of aromatic nitrogens is 2. The van der Waals surface area contributed by atoms with Crippen LogP contribution in [0.1, 0.15) is 11.1 Å². The largest absolute Gasteiger partial charge is 0.366 e. The molecule has 0 aliphatic carbocycles. The van der Waals surface area contributed by atoms with Gasteiger partial charge in [0.2, 0.25) is 11.8 Å². The number of benzene rings is 3. The molecular formula is C29H23FN4O2. The minimum Gasteiger partial charge on any atom is -0.366 e. The quantitative estimate of drug-likeness (QED) is 0.272. The summed E-state index contributed by atoms with van der Waals surface area (Å²) in [4.78, 5) is 17.2.